The molecule has 23 heavy (non-hydrogen) atoms. The van der Waals surface area contributed by atoms with E-state index in [0.29, 0.717) is 0 Å². The van der Waals surface area contributed by atoms with Crippen molar-refractivity contribution in [2.45, 2.75) is 0 Å². The third kappa shape index (κ3) is 4.27. The molecular formula is C13H11ClN4O5. The lowest BCUT2D eigenvalue weighted by atomic mass is 10.3. The topological polar surface area (TPSA) is 116 Å². The summed E-state index contributed by atoms with van der Waals surface area (Å²) in [6, 6.07) is 3.61. The Morgan fingerprint density at radius 3 is 2.83 bits per heavy atom. The van der Waals surface area contributed by atoms with Gasteiger partial charge in [0.05, 0.1) is 27.4 Å². The Labute approximate surface area is 134 Å². The minimum atomic E-state index is -0.710. The number of nitro groups is 1. The Bertz CT molecular complexity index is 773. The maximum atomic E-state index is 11.7. The number of esters is 1. The summed E-state index contributed by atoms with van der Waals surface area (Å²) in [5.74, 6) is -1.39. The van der Waals surface area contributed by atoms with Crippen LogP contribution in [0.4, 0.5) is 11.4 Å². The van der Waals surface area contributed by atoms with Crippen molar-refractivity contribution in [3.63, 3.8) is 0 Å². The van der Waals surface area contributed by atoms with Gasteiger partial charge in [0.1, 0.15) is 0 Å². The lowest BCUT2D eigenvalue weighted by molar-refractivity contribution is -0.384. The molecule has 0 atom stereocenters. The van der Waals surface area contributed by atoms with E-state index >= 15 is 0 Å². The molecule has 0 aliphatic carbocycles. The number of amides is 1. The second kappa shape index (κ2) is 6.88. The summed E-state index contributed by atoms with van der Waals surface area (Å²) in [4.78, 5) is 33.5. The molecule has 0 unspecified atom stereocenters. The van der Waals surface area contributed by atoms with Crippen LogP contribution in [0.15, 0.2) is 30.6 Å². The molecule has 1 N–H and O–H groups in total. The molecule has 1 amide bonds. The Kier molecular flexibility index (Phi) is 4.91. The van der Waals surface area contributed by atoms with Crippen LogP contribution in [-0.4, -0.2) is 33.2 Å². The predicted molar refractivity (Wildman–Crippen MR) is 80.2 cm³/mol. The van der Waals surface area contributed by atoms with E-state index in [0.717, 1.165) is 6.07 Å². The van der Waals surface area contributed by atoms with Crippen LogP contribution in [-0.2, 0) is 16.6 Å². The molecule has 1 aromatic heterocycles. The first-order chi connectivity index (χ1) is 10.9. The number of rotatable bonds is 5. The second-order valence-electron chi connectivity index (χ2n) is 4.45. The molecule has 2 aromatic rings. The highest BCUT2D eigenvalue weighted by Crippen LogP contribution is 2.26. The number of anilines is 1. The number of carbonyl (C=O) groups excluding carboxylic acids is 2. The number of ether oxygens (including phenoxy) is 1. The number of nitrogens with zero attached hydrogens (tertiary/aromatic N) is 3. The van der Waals surface area contributed by atoms with Crippen LogP contribution < -0.4 is 5.32 Å². The van der Waals surface area contributed by atoms with Crippen LogP contribution in [0.25, 0.3) is 0 Å². The molecule has 0 aliphatic rings. The molecule has 0 fully saturated rings. The van der Waals surface area contributed by atoms with E-state index < -0.39 is 23.4 Å². The normalized spacial score (nSPS) is 10.2. The van der Waals surface area contributed by atoms with Gasteiger partial charge >= 0.3 is 5.97 Å². The molecule has 120 valence electrons. The van der Waals surface area contributed by atoms with Gasteiger partial charge in [-0.1, -0.05) is 11.6 Å². The van der Waals surface area contributed by atoms with Gasteiger partial charge in [0.15, 0.2) is 6.61 Å². The van der Waals surface area contributed by atoms with Crippen LogP contribution in [0.3, 0.4) is 0 Å². The van der Waals surface area contributed by atoms with Crippen molar-refractivity contribution in [3.8, 4) is 0 Å². The Morgan fingerprint density at radius 1 is 1.48 bits per heavy atom. The van der Waals surface area contributed by atoms with Crippen molar-refractivity contribution < 1.29 is 19.2 Å². The van der Waals surface area contributed by atoms with Gasteiger partial charge in [0, 0.05) is 25.4 Å². The summed E-state index contributed by atoms with van der Waals surface area (Å²) in [5, 5.41) is 17.0. The first-order valence-corrected chi connectivity index (χ1v) is 6.64. The Balaban J connectivity index is 1.96. The van der Waals surface area contributed by atoms with Gasteiger partial charge in [-0.05, 0) is 6.07 Å². The number of aromatic nitrogens is 2. The maximum absolute atomic E-state index is 11.7. The molecule has 0 spiro atoms. The molecule has 0 bridgehead atoms. The lowest BCUT2D eigenvalue weighted by Gasteiger charge is -2.07. The molecule has 10 heteroatoms. The Hall–Kier alpha value is -2.94. The molecule has 0 aliphatic heterocycles. The maximum Gasteiger partial charge on any atom is 0.341 e. The molecule has 0 saturated carbocycles. The van der Waals surface area contributed by atoms with Crippen LogP contribution in [0, 0.1) is 10.1 Å². The van der Waals surface area contributed by atoms with E-state index in [1.807, 2.05) is 0 Å². The molecule has 0 saturated heterocycles. The van der Waals surface area contributed by atoms with Gasteiger partial charge in [0.2, 0.25) is 0 Å². The minimum Gasteiger partial charge on any atom is -0.452 e. The number of nitrogens with one attached hydrogen (secondary N) is 1. The fourth-order valence-electron chi connectivity index (χ4n) is 1.65. The molecule has 1 heterocycles. The monoisotopic (exact) mass is 338 g/mol. The average Bonchev–Trinajstić information content (AvgIpc) is 2.93. The highest BCUT2D eigenvalue weighted by atomic mass is 35.5. The Morgan fingerprint density at radius 2 is 2.22 bits per heavy atom. The third-order valence-electron chi connectivity index (χ3n) is 2.71. The van der Waals surface area contributed by atoms with Gasteiger partial charge in [-0.3, -0.25) is 19.6 Å². The summed E-state index contributed by atoms with van der Waals surface area (Å²) in [6.07, 6.45) is 2.75. The van der Waals surface area contributed by atoms with Crippen molar-refractivity contribution in [2.75, 3.05) is 11.9 Å². The minimum absolute atomic E-state index is 0.0586. The molecular weight excluding hydrogens is 328 g/mol. The van der Waals surface area contributed by atoms with Crippen molar-refractivity contribution in [1.82, 2.24) is 9.78 Å². The van der Waals surface area contributed by atoms with Gasteiger partial charge in [-0.15, -0.1) is 0 Å². The zero-order valence-electron chi connectivity index (χ0n) is 11.9. The lowest BCUT2D eigenvalue weighted by Crippen LogP contribution is -2.21. The number of carbonyl (C=O) groups is 2. The number of halogens is 1. The average molecular weight is 339 g/mol. The fraction of sp³-hybridized carbons (Fsp3) is 0.154. The van der Waals surface area contributed by atoms with Crippen LogP contribution in [0.2, 0.25) is 5.02 Å². The number of hydrogen-bond acceptors (Lipinski definition) is 6. The van der Waals surface area contributed by atoms with Crippen molar-refractivity contribution in [2.24, 2.45) is 7.05 Å². The molecule has 2 rings (SSSR count). The van der Waals surface area contributed by atoms with Crippen LogP contribution >= 0.6 is 11.6 Å². The summed E-state index contributed by atoms with van der Waals surface area (Å²) < 4.78 is 6.23. The zero-order chi connectivity index (χ0) is 17.0. The number of hydrogen-bond donors (Lipinski definition) is 1. The van der Waals surface area contributed by atoms with Crippen LogP contribution in [0.5, 0.6) is 0 Å². The molecule has 0 radical (unpaired) electrons. The SMILES string of the molecule is Cn1cc(C(=O)OCC(=O)Nc2cc([N+](=O)[O-])ccc2Cl)cn1. The van der Waals surface area contributed by atoms with Gasteiger partial charge in [-0.2, -0.15) is 5.10 Å². The van der Waals surface area contributed by atoms with E-state index in [1.165, 1.54) is 29.2 Å². The standard InChI is InChI=1S/C13H11ClN4O5/c1-17-6-8(5-15-17)13(20)23-7-12(19)16-11-4-9(18(21)22)2-3-10(11)14/h2-6H,7H2,1H3,(H,16,19). The number of non-ortho nitro benzene ring substituents is 1. The summed E-state index contributed by atoms with van der Waals surface area (Å²) in [7, 11) is 1.63. The van der Waals surface area contributed by atoms with E-state index in [2.05, 4.69) is 10.4 Å². The van der Waals surface area contributed by atoms with Crippen molar-refractivity contribution in [1.29, 1.82) is 0 Å². The molecule has 1 aromatic carbocycles. The van der Waals surface area contributed by atoms with E-state index in [-0.39, 0.29) is 22.0 Å². The van der Waals surface area contributed by atoms with Crippen molar-refractivity contribution in [3.05, 3.63) is 51.3 Å². The van der Waals surface area contributed by atoms with Crippen LogP contribution in [0.1, 0.15) is 10.4 Å². The summed E-state index contributed by atoms with van der Waals surface area (Å²) >= 11 is 5.85. The van der Waals surface area contributed by atoms with Gasteiger partial charge in [0.25, 0.3) is 11.6 Å². The summed E-state index contributed by atoms with van der Waals surface area (Å²) in [6.45, 7) is -0.563. The summed E-state index contributed by atoms with van der Waals surface area (Å²) in [5.41, 5.74) is 0.0361. The first-order valence-electron chi connectivity index (χ1n) is 6.26. The first kappa shape index (κ1) is 16.4. The largest absolute Gasteiger partial charge is 0.452 e. The third-order valence-corrected chi connectivity index (χ3v) is 3.04. The highest BCUT2D eigenvalue weighted by molar-refractivity contribution is 6.33. The molecule has 9 nitrogen and oxygen atoms in total. The van der Waals surface area contributed by atoms with Gasteiger partial charge in [-0.25, -0.2) is 4.79 Å². The number of benzene rings is 1. The number of aryl methyl sites for hydroxylation is 1. The highest BCUT2D eigenvalue weighted by Gasteiger charge is 2.15. The zero-order valence-corrected chi connectivity index (χ0v) is 12.6. The van der Waals surface area contributed by atoms with Crippen molar-refractivity contribution >= 4 is 34.9 Å². The smallest absolute Gasteiger partial charge is 0.341 e. The van der Waals surface area contributed by atoms with Gasteiger partial charge < -0.3 is 10.1 Å². The second-order valence-corrected chi connectivity index (χ2v) is 4.86. The number of nitro benzene ring substituents is 1. The quantitative estimate of drug-likeness (QED) is 0.504. The van der Waals surface area contributed by atoms with E-state index in [1.54, 1.807) is 7.05 Å². The predicted octanol–water partition coefficient (Wildman–Crippen LogP) is 1.78. The van der Waals surface area contributed by atoms with E-state index in [4.69, 9.17) is 16.3 Å². The fourth-order valence-corrected chi connectivity index (χ4v) is 1.81. The van der Waals surface area contributed by atoms with E-state index in [9.17, 15) is 19.7 Å².